The van der Waals surface area contributed by atoms with Crippen LogP contribution in [0.3, 0.4) is 0 Å². The van der Waals surface area contributed by atoms with Gasteiger partial charge in [0.1, 0.15) is 0 Å². The number of carboxylic acids is 1. The molecular formula is C18H25NO3. The van der Waals surface area contributed by atoms with Gasteiger partial charge in [0, 0.05) is 19.5 Å². The van der Waals surface area contributed by atoms with Gasteiger partial charge in [0.25, 0.3) is 0 Å². The lowest BCUT2D eigenvalue weighted by Gasteiger charge is -2.34. The van der Waals surface area contributed by atoms with Gasteiger partial charge in [0.05, 0.1) is 5.92 Å². The van der Waals surface area contributed by atoms with Gasteiger partial charge in [-0.25, -0.2) is 0 Å². The van der Waals surface area contributed by atoms with Gasteiger partial charge in [-0.2, -0.15) is 0 Å². The van der Waals surface area contributed by atoms with Gasteiger partial charge in [0.2, 0.25) is 5.91 Å². The molecule has 120 valence electrons. The number of rotatable bonds is 5. The molecule has 1 fully saturated rings. The average Bonchev–Trinajstić information content (AvgIpc) is 2.52. The van der Waals surface area contributed by atoms with Crippen LogP contribution in [0.4, 0.5) is 0 Å². The van der Waals surface area contributed by atoms with Crippen LogP contribution in [0.2, 0.25) is 0 Å². The molecule has 2 rings (SSSR count). The summed E-state index contributed by atoms with van der Waals surface area (Å²) >= 11 is 0. The predicted molar refractivity (Wildman–Crippen MR) is 85.8 cm³/mol. The van der Waals surface area contributed by atoms with Crippen molar-refractivity contribution < 1.29 is 14.7 Å². The smallest absolute Gasteiger partial charge is 0.303 e. The minimum absolute atomic E-state index is 0.141. The molecule has 1 saturated heterocycles. The molecule has 1 heterocycles. The van der Waals surface area contributed by atoms with Gasteiger partial charge in [-0.15, -0.1) is 0 Å². The molecule has 0 unspecified atom stereocenters. The first-order valence-electron chi connectivity index (χ1n) is 8.04. The first kappa shape index (κ1) is 16.5. The van der Waals surface area contributed by atoms with Crippen LogP contribution in [0.25, 0.3) is 0 Å². The van der Waals surface area contributed by atoms with E-state index >= 15 is 0 Å². The number of carbonyl (C=O) groups is 2. The van der Waals surface area contributed by atoms with Crippen molar-refractivity contribution in [3.05, 3.63) is 35.4 Å². The van der Waals surface area contributed by atoms with Gasteiger partial charge in [0.15, 0.2) is 0 Å². The Kier molecular flexibility index (Phi) is 5.58. The number of benzene rings is 1. The van der Waals surface area contributed by atoms with Crippen molar-refractivity contribution >= 4 is 11.9 Å². The largest absolute Gasteiger partial charge is 0.481 e. The number of nitrogens with zero attached hydrogens (tertiary/aromatic N) is 1. The first-order valence-corrected chi connectivity index (χ1v) is 8.04. The van der Waals surface area contributed by atoms with Crippen molar-refractivity contribution in [1.82, 2.24) is 4.90 Å². The number of amides is 1. The number of likely N-dealkylation sites (tertiary alicyclic amines) is 1. The van der Waals surface area contributed by atoms with E-state index in [1.807, 2.05) is 36.9 Å². The Bertz CT molecular complexity index is 541. The highest BCUT2D eigenvalue weighted by molar-refractivity contribution is 5.83. The summed E-state index contributed by atoms with van der Waals surface area (Å²) in [6.45, 7) is 5.47. The normalized spacial score (nSPS) is 19.7. The summed E-state index contributed by atoms with van der Waals surface area (Å²) in [4.78, 5) is 25.3. The lowest BCUT2D eigenvalue weighted by atomic mass is 9.91. The van der Waals surface area contributed by atoms with Crippen molar-refractivity contribution in [1.29, 1.82) is 0 Å². The highest BCUT2D eigenvalue weighted by Crippen LogP contribution is 2.25. The summed E-state index contributed by atoms with van der Waals surface area (Å²) in [7, 11) is 0. The molecule has 1 aromatic carbocycles. The summed E-state index contributed by atoms with van der Waals surface area (Å²) in [5.74, 6) is -0.418. The summed E-state index contributed by atoms with van der Waals surface area (Å²) in [6, 6.07) is 8.08. The van der Waals surface area contributed by atoms with Crippen molar-refractivity contribution in [3.63, 3.8) is 0 Å². The van der Waals surface area contributed by atoms with Crippen LogP contribution >= 0.6 is 0 Å². The highest BCUT2D eigenvalue weighted by Gasteiger charge is 2.27. The molecule has 1 aliphatic heterocycles. The van der Waals surface area contributed by atoms with Gasteiger partial charge in [-0.05, 0) is 44.6 Å². The molecule has 2 atom stereocenters. The van der Waals surface area contributed by atoms with E-state index in [-0.39, 0.29) is 18.2 Å². The zero-order chi connectivity index (χ0) is 16.1. The summed E-state index contributed by atoms with van der Waals surface area (Å²) in [5, 5.41) is 8.80. The number of aryl methyl sites for hydroxylation is 1. The van der Waals surface area contributed by atoms with E-state index < -0.39 is 5.97 Å². The Balaban J connectivity index is 1.97. The van der Waals surface area contributed by atoms with E-state index in [1.165, 1.54) is 0 Å². The van der Waals surface area contributed by atoms with Crippen molar-refractivity contribution in [2.75, 3.05) is 13.1 Å². The van der Waals surface area contributed by atoms with Crippen LogP contribution in [0, 0.1) is 12.8 Å². The summed E-state index contributed by atoms with van der Waals surface area (Å²) < 4.78 is 0. The number of carboxylic acid groups (broad SMARTS) is 1. The Labute approximate surface area is 132 Å². The molecule has 1 amide bonds. The molecule has 4 nitrogen and oxygen atoms in total. The molecule has 0 bridgehead atoms. The fourth-order valence-corrected chi connectivity index (χ4v) is 3.18. The van der Waals surface area contributed by atoms with Gasteiger partial charge in [-0.3, -0.25) is 9.59 Å². The maximum Gasteiger partial charge on any atom is 0.303 e. The lowest BCUT2D eigenvalue weighted by molar-refractivity contribution is -0.137. The zero-order valence-corrected chi connectivity index (χ0v) is 13.4. The SMILES string of the molecule is Cc1cccc([C@H](C)C(=O)N2CCC[C@@H](CCC(=O)O)C2)c1. The van der Waals surface area contributed by atoms with E-state index in [4.69, 9.17) is 5.11 Å². The first-order chi connectivity index (χ1) is 10.5. The highest BCUT2D eigenvalue weighted by atomic mass is 16.4. The Morgan fingerprint density at radius 3 is 2.86 bits per heavy atom. The second-order valence-electron chi connectivity index (χ2n) is 6.36. The van der Waals surface area contributed by atoms with E-state index in [2.05, 4.69) is 6.07 Å². The average molecular weight is 303 g/mol. The standard InChI is InChI=1S/C18H25NO3/c1-13-5-3-7-16(11-13)14(2)18(22)19-10-4-6-15(12-19)8-9-17(20)21/h3,5,7,11,14-15H,4,6,8-10,12H2,1-2H3,(H,20,21)/t14-,15-/m0/s1. The van der Waals surface area contributed by atoms with Gasteiger partial charge < -0.3 is 10.0 Å². The zero-order valence-electron chi connectivity index (χ0n) is 13.4. The maximum atomic E-state index is 12.7. The van der Waals surface area contributed by atoms with Crippen molar-refractivity contribution in [2.45, 2.75) is 45.4 Å². The van der Waals surface area contributed by atoms with Crippen molar-refractivity contribution in [2.24, 2.45) is 5.92 Å². The monoisotopic (exact) mass is 303 g/mol. The van der Waals surface area contributed by atoms with E-state index in [1.54, 1.807) is 0 Å². The second kappa shape index (κ2) is 7.43. The number of aliphatic carboxylic acids is 1. The van der Waals surface area contributed by atoms with Crippen LogP contribution in [-0.4, -0.2) is 35.0 Å². The summed E-state index contributed by atoms with van der Waals surface area (Å²) in [5.41, 5.74) is 2.22. The lowest BCUT2D eigenvalue weighted by Crippen LogP contribution is -2.42. The van der Waals surface area contributed by atoms with E-state index in [0.717, 1.165) is 30.5 Å². The number of hydrogen-bond acceptors (Lipinski definition) is 2. The molecule has 1 aliphatic rings. The molecule has 0 spiro atoms. The van der Waals surface area contributed by atoms with E-state index in [9.17, 15) is 9.59 Å². The molecule has 0 aromatic heterocycles. The molecule has 0 radical (unpaired) electrons. The molecule has 1 aromatic rings. The fourth-order valence-electron chi connectivity index (χ4n) is 3.18. The van der Waals surface area contributed by atoms with Gasteiger partial charge in [-0.1, -0.05) is 29.8 Å². The molecule has 22 heavy (non-hydrogen) atoms. The van der Waals surface area contributed by atoms with Gasteiger partial charge >= 0.3 is 5.97 Å². The quantitative estimate of drug-likeness (QED) is 0.908. The Morgan fingerprint density at radius 1 is 1.41 bits per heavy atom. The van der Waals surface area contributed by atoms with Crippen molar-refractivity contribution in [3.8, 4) is 0 Å². The molecule has 0 aliphatic carbocycles. The predicted octanol–water partition coefficient (Wildman–Crippen LogP) is 3.20. The third-order valence-electron chi connectivity index (χ3n) is 4.51. The van der Waals surface area contributed by atoms with E-state index in [0.29, 0.717) is 18.9 Å². The minimum Gasteiger partial charge on any atom is -0.481 e. The molecule has 4 heteroatoms. The minimum atomic E-state index is -0.753. The van der Waals surface area contributed by atoms with Crippen LogP contribution < -0.4 is 0 Å². The van der Waals surface area contributed by atoms with Crippen LogP contribution in [0.15, 0.2) is 24.3 Å². The maximum absolute atomic E-state index is 12.7. The Morgan fingerprint density at radius 2 is 2.18 bits per heavy atom. The number of hydrogen-bond donors (Lipinski definition) is 1. The number of piperidine rings is 1. The molecule has 1 N–H and O–H groups in total. The topological polar surface area (TPSA) is 57.6 Å². The fraction of sp³-hybridized carbons (Fsp3) is 0.556. The van der Waals surface area contributed by atoms with Crippen LogP contribution in [0.5, 0.6) is 0 Å². The van der Waals surface area contributed by atoms with Crippen LogP contribution in [0.1, 0.15) is 49.7 Å². The molecule has 0 saturated carbocycles. The summed E-state index contributed by atoms with van der Waals surface area (Å²) in [6.07, 6.45) is 2.85. The third kappa shape index (κ3) is 4.33. The number of carbonyl (C=O) groups excluding carboxylic acids is 1. The Hall–Kier alpha value is -1.84. The third-order valence-corrected chi connectivity index (χ3v) is 4.51. The second-order valence-corrected chi connectivity index (χ2v) is 6.36. The van der Waals surface area contributed by atoms with Crippen LogP contribution in [-0.2, 0) is 9.59 Å². The molecular weight excluding hydrogens is 278 g/mol.